The largest absolute Gasteiger partial charge is 0.509 e. The third kappa shape index (κ3) is 5.69. The van der Waals surface area contributed by atoms with Gasteiger partial charge in [0.05, 0.1) is 13.0 Å². The fourth-order valence-electron chi connectivity index (χ4n) is 0.789. The molecule has 0 radical (unpaired) electrons. The van der Waals surface area contributed by atoms with Gasteiger partial charge in [-0.2, -0.15) is 4.89 Å². The lowest BCUT2D eigenvalue weighted by atomic mass is 10.2. The maximum Gasteiger partial charge on any atom is 0.509 e. The van der Waals surface area contributed by atoms with Gasteiger partial charge in [-0.05, 0) is 11.0 Å². The average Bonchev–Trinajstić information content (AvgIpc) is 2.10. The summed E-state index contributed by atoms with van der Waals surface area (Å²) in [7, 11) is -2.32. The van der Waals surface area contributed by atoms with E-state index < -0.39 is 19.7 Å². The molecule has 76 valence electrons. The Morgan fingerprint density at radius 2 is 2.23 bits per heavy atom. The fraction of sp³-hybridized carbons (Fsp3) is 0.857. The maximum absolute atomic E-state index is 10.9. The van der Waals surface area contributed by atoms with Crippen molar-refractivity contribution in [1.29, 1.82) is 0 Å². The van der Waals surface area contributed by atoms with Crippen molar-refractivity contribution < 1.29 is 24.1 Å². The molecule has 0 aromatic rings. The van der Waals surface area contributed by atoms with Crippen LogP contribution in [-0.4, -0.2) is 34.8 Å². The lowest BCUT2D eigenvalue weighted by Crippen LogP contribution is -2.14. The van der Waals surface area contributed by atoms with Gasteiger partial charge in [0.2, 0.25) is 0 Å². The van der Waals surface area contributed by atoms with Crippen molar-refractivity contribution in [2.75, 3.05) is 13.2 Å². The van der Waals surface area contributed by atoms with E-state index in [1.54, 1.807) is 6.92 Å². The van der Waals surface area contributed by atoms with Gasteiger partial charge >= 0.3 is 14.0 Å². The van der Waals surface area contributed by atoms with Crippen molar-refractivity contribution in [2.24, 2.45) is 0 Å². The molecule has 2 unspecified atom stereocenters. The Balaban J connectivity index is 3.80. The first kappa shape index (κ1) is 12.5. The molecule has 0 saturated heterocycles. The van der Waals surface area contributed by atoms with Gasteiger partial charge in [0, 0.05) is 0 Å². The molecular formula is C7H14O5P+. The highest BCUT2D eigenvalue weighted by Crippen LogP contribution is 2.28. The van der Waals surface area contributed by atoms with E-state index in [0.29, 0.717) is 6.42 Å². The lowest BCUT2D eigenvalue weighted by molar-refractivity contribution is -0.144. The van der Waals surface area contributed by atoms with E-state index in [0.717, 1.165) is 0 Å². The molecule has 13 heavy (non-hydrogen) atoms. The summed E-state index contributed by atoms with van der Waals surface area (Å²) in [6.45, 7) is 1.44. The van der Waals surface area contributed by atoms with Crippen LogP contribution in [0.3, 0.4) is 0 Å². The molecule has 2 atom stereocenters. The molecule has 6 heteroatoms. The van der Waals surface area contributed by atoms with Crippen LogP contribution >= 0.6 is 8.03 Å². The Morgan fingerprint density at radius 1 is 1.62 bits per heavy atom. The highest BCUT2D eigenvalue weighted by atomic mass is 31.1. The van der Waals surface area contributed by atoms with Crippen LogP contribution < -0.4 is 0 Å². The first-order valence-corrected chi connectivity index (χ1v) is 5.31. The van der Waals surface area contributed by atoms with Crippen LogP contribution in [0, 0.1) is 0 Å². The highest BCUT2D eigenvalue weighted by Gasteiger charge is 2.30. The topological polar surface area (TPSA) is 83.8 Å². The van der Waals surface area contributed by atoms with E-state index in [4.69, 9.17) is 10.00 Å². The van der Waals surface area contributed by atoms with Crippen LogP contribution in [0.2, 0.25) is 0 Å². The Kier molecular flexibility index (Phi) is 6.68. The molecule has 0 rings (SSSR count). The number of hydrogen-bond donors (Lipinski definition) is 2. The summed E-state index contributed by atoms with van der Waals surface area (Å²) in [4.78, 5) is 19.6. The summed E-state index contributed by atoms with van der Waals surface area (Å²) in [5.74, 6) is -0.543. The monoisotopic (exact) mass is 209 g/mol. The van der Waals surface area contributed by atoms with Crippen molar-refractivity contribution in [2.45, 2.75) is 25.4 Å². The number of hydrogen-bond acceptors (Lipinski definition) is 4. The number of aliphatic hydroxyl groups excluding tert-OH is 1. The molecule has 0 bridgehead atoms. The summed E-state index contributed by atoms with van der Waals surface area (Å²) in [5.41, 5.74) is -0.541. The molecule has 0 aliphatic rings. The van der Waals surface area contributed by atoms with Crippen LogP contribution in [0.25, 0.3) is 0 Å². The first-order chi connectivity index (χ1) is 6.11. The summed E-state index contributed by atoms with van der Waals surface area (Å²) in [6.07, 6.45) is 0.391. The molecule has 5 nitrogen and oxygen atoms in total. The Bertz CT molecular complexity index is 182. The highest BCUT2D eigenvalue weighted by molar-refractivity contribution is 7.38. The number of esters is 1. The third-order valence-corrected chi connectivity index (χ3v) is 2.71. The van der Waals surface area contributed by atoms with Crippen molar-refractivity contribution >= 4 is 14.0 Å². The van der Waals surface area contributed by atoms with Gasteiger partial charge < -0.3 is 9.84 Å². The normalized spacial score (nSPS) is 13.6. The Hall–Kier alpha value is -0.510. The average molecular weight is 209 g/mol. The van der Waals surface area contributed by atoms with Crippen LogP contribution in [0.15, 0.2) is 0 Å². The van der Waals surface area contributed by atoms with Gasteiger partial charge in [0.15, 0.2) is 5.66 Å². The molecule has 0 aromatic carbocycles. The van der Waals surface area contributed by atoms with E-state index in [-0.39, 0.29) is 19.6 Å². The maximum atomic E-state index is 10.9. The fourth-order valence-corrected chi connectivity index (χ4v) is 1.41. The van der Waals surface area contributed by atoms with Crippen LogP contribution in [0.4, 0.5) is 0 Å². The predicted molar refractivity (Wildman–Crippen MR) is 46.6 cm³/mol. The minimum absolute atomic E-state index is 0.0581. The number of aliphatic hydroxyl groups is 1. The smallest absolute Gasteiger partial charge is 0.463 e. The predicted octanol–water partition coefficient (Wildman–Crippen LogP) is 0.425. The minimum Gasteiger partial charge on any atom is -0.463 e. The van der Waals surface area contributed by atoms with Crippen molar-refractivity contribution in [3.63, 3.8) is 0 Å². The summed E-state index contributed by atoms with van der Waals surface area (Å²) in [5, 5.41) is 8.33. The van der Waals surface area contributed by atoms with E-state index >= 15 is 0 Å². The van der Waals surface area contributed by atoms with E-state index in [9.17, 15) is 9.36 Å². The zero-order chi connectivity index (χ0) is 10.3. The standard InChI is InChI=1S/C7H13O5P/c1-2-6(13(10)11)5-7(9)12-4-3-8/h6,8H,2-5H2,1H3/p+1. The minimum atomic E-state index is -2.32. The molecule has 0 amide bonds. The van der Waals surface area contributed by atoms with Crippen LogP contribution in [-0.2, 0) is 14.1 Å². The second kappa shape index (κ2) is 6.95. The number of ether oxygens (including phenoxy) is 1. The van der Waals surface area contributed by atoms with Gasteiger partial charge in [-0.25, -0.2) is 0 Å². The van der Waals surface area contributed by atoms with Gasteiger partial charge in [-0.15, -0.1) is 0 Å². The lowest BCUT2D eigenvalue weighted by Gasteiger charge is -2.02. The van der Waals surface area contributed by atoms with E-state index in [2.05, 4.69) is 4.74 Å². The molecule has 0 spiro atoms. The van der Waals surface area contributed by atoms with Gasteiger partial charge in [0.1, 0.15) is 6.61 Å². The molecule has 2 N–H and O–H groups in total. The zero-order valence-corrected chi connectivity index (χ0v) is 8.37. The summed E-state index contributed by atoms with van der Waals surface area (Å²) in [6, 6.07) is 0. The Morgan fingerprint density at radius 3 is 2.62 bits per heavy atom. The number of carbonyl (C=O) groups excluding carboxylic acids is 1. The SMILES string of the molecule is CCC(CC(=O)OCCO)[P+](=O)O. The quantitative estimate of drug-likeness (QED) is 0.489. The summed E-state index contributed by atoms with van der Waals surface area (Å²) >= 11 is 0. The zero-order valence-electron chi connectivity index (χ0n) is 7.47. The Labute approximate surface area is 77.6 Å². The molecule has 0 aliphatic heterocycles. The van der Waals surface area contributed by atoms with E-state index in [1.165, 1.54) is 0 Å². The summed E-state index contributed by atoms with van der Waals surface area (Å²) < 4.78 is 15.2. The van der Waals surface area contributed by atoms with Crippen molar-refractivity contribution in [3.8, 4) is 0 Å². The molecular weight excluding hydrogens is 195 g/mol. The van der Waals surface area contributed by atoms with Crippen molar-refractivity contribution in [3.05, 3.63) is 0 Å². The van der Waals surface area contributed by atoms with Gasteiger partial charge in [-0.1, -0.05) is 6.92 Å². The van der Waals surface area contributed by atoms with Gasteiger partial charge in [0.25, 0.3) is 0 Å². The second-order valence-electron chi connectivity index (χ2n) is 2.51. The molecule has 0 fully saturated rings. The van der Waals surface area contributed by atoms with Crippen LogP contribution in [0.1, 0.15) is 19.8 Å². The van der Waals surface area contributed by atoms with Gasteiger partial charge in [-0.3, -0.25) is 4.79 Å². The van der Waals surface area contributed by atoms with Crippen molar-refractivity contribution in [1.82, 2.24) is 0 Å². The molecule has 0 aromatic heterocycles. The molecule has 0 saturated carbocycles. The number of carbonyl (C=O) groups is 1. The third-order valence-electron chi connectivity index (χ3n) is 1.54. The first-order valence-electron chi connectivity index (χ1n) is 4.03. The number of rotatable bonds is 6. The molecule has 0 aliphatic carbocycles. The van der Waals surface area contributed by atoms with Crippen LogP contribution in [0.5, 0.6) is 0 Å². The second-order valence-corrected chi connectivity index (χ2v) is 3.85. The molecule has 0 heterocycles. The van der Waals surface area contributed by atoms with E-state index in [1.807, 2.05) is 0 Å².